The van der Waals surface area contributed by atoms with E-state index < -0.39 is 0 Å². The highest BCUT2D eigenvalue weighted by atomic mass is 35.5. The van der Waals surface area contributed by atoms with E-state index in [-0.39, 0.29) is 23.1 Å². The van der Waals surface area contributed by atoms with Gasteiger partial charge in [0.15, 0.2) is 0 Å². The number of hydrogen-bond donors (Lipinski definition) is 1. The first-order chi connectivity index (χ1) is 7.70. The summed E-state index contributed by atoms with van der Waals surface area (Å²) in [5.74, 6) is 0.618. The summed E-state index contributed by atoms with van der Waals surface area (Å²) in [7, 11) is 0. The molecular weight excluding hydrogens is 253 g/mol. The van der Waals surface area contributed by atoms with E-state index in [0.29, 0.717) is 25.6 Å². The lowest BCUT2D eigenvalue weighted by atomic mass is 10.2. The summed E-state index contributed by atoms with van der Waals surface area (Å²) < 4.78 is 5.27. The van der Waals surface area contributed by atoms with E-state index in [1.165, 1.54) is 0 Å². The lowest BCUT2D eigenvalue weighted by Crippen LogP contribution is -2.48. The first-order valence-electron chi connectivity index (χ1n) is 4.86. The SMILES string of the molecule is OC[C@H]1COCCN1c1cc(Cl)nc(Cl)n1. The second-order valence-corrected chi connectivity index (χ2v) is 4.15. The molecule has 1 aromatic heterocycles. The fraction of sp³-hybridized carbons (Fsp3) is 0.556. The first kappa shape index (κ1) is 11.9. The zero-order valence-corrected chi connectivity index (χ0v) is 9.95. The quantitative estimate of drug-likeness (QED) is 0.637. The van der Waals surface area contributed by atoms with E-state index in [4.69, 9.17) is 27.9 Å². The summed E-state index contributed by atoms with van der Waals surface area (Å²) in [6, 6.07) is 1.51. The highest BCUT2D eigenvalue weighted by molar-refractivity contribution is 6.32. The Morgan fingerprint density at radius 2 is 2.31 bits per heavy atom. The van der Waals surface area contributed by atoms with Crippen LogP contribution in [0.1, 0.15) is 0 Å². The van der Waals surface area contributed by atoms with Gasteiger partial charge in [0.25, 0.3) is 0 Å². The van der Waals surface area contributed by atoms with Crippen molar-refractivity contribution in [2.45, 2.75) is 6.04 Å². The fourth-order valence-corrected chi connectivity index (χ4v) is 2.03. The topological polar surface area (TPSA) is 58.5 Å². The van der Waals surface area contributed by atoms with E-state index in [0.717, 1.165) is 0 Å². The van der Waals surface area contributed by atoms with E-state index in [9.17, 15) is 5.11 Å². The minimum atomic E-state index is -0.115. The average Bonchev–Trinajstić information content (AvgIpc) is 2.27. The minimum Gasteiger partial charge on any atom is -0.394 e. The number of nitrogens with zero attached hydrogens (tertiary/aromatic N) is 3. The second-order valence-electron chi connectivity index (χ2n) is 3.42. The van der Waals surface area contributed by atoms with Gasteiger partial charge in [-0.25, -0.2) is 9.97 Å². The molecule has 88 valence electrons. The van der Waals surface area contributed by atoms with Crippen LogP contribution in [0.15, 0.2) is 6.07 Å². The highest BCUT2D eigenvalue weighted by Gasteiger charge is 2.24. The minimum absolute atomic E-state index is 0.000753. The number of ether oxygens (including phenoxy) is 1. The third-order valence-electron chi connectivity index (χ3n) is 2.39. The van der Waals surface area contributed by atoms with E-state index >= 15 is 0 Å². The van der Waals surface area contributed by atoms with Gasteiger partial charge >= 0.3 is 0 Å². The number of aliphatic hydroxyl groups excluding tert-OH is 1. The Morgan fingerprint density at radius 3 is 3.00 bits per heavy atom. The second kappa shape index (κ2) is 5.14. The molecule has 0 unspecified atom stereocenters. The van der Waals surface area contributed by atoms with E-state index in [1.54, 1.807) is 6.07 Å². The summed E-state index contributed by atoms with van der Waals surface area (Å²) in [6.45, 7) is 1.71. The molecule has 1 atom stereocenters. The van der Waals surface area contributed by atoms with Crippen LogP contribution in [0.4, 0.5) is 5.82 Å². The molecule has 0 saturated carbocycles. The summed E-state index contributed by atoms with van der Waals surface area (Å²) in [5, 5.41) is 9.62. The van der Waals surface area contributed by atoms with Crippen LogP contribution in [0.3, 0.4) is 0 Å². The average molecular weight is 264 g/mol. The van der Waals surface area contributed by atoms with E-state index in [2.05, 4.69) is 9.97 Å². The van der Waals surface area contributed by atoms with Crippen LogP contribution in [-0.4, -0.2) is 47.5 Å². The van der Waals surface area contributed by atoms with Gasteiger partial charge in [0, 0.05) is 12.6 Å². The van der Waals surface area contributed by atoms with Gasteiger partial charge in [-0.05, 0) is 11.6 Å². The van der Waals surface area contributed by atoms with Crippen molar-refractivity contribution in [3.05, 3.63) is 16.5 Å². The van der Waals surface area contributed by atoms with Crippen LogP contribution in [0.25, 0.3) is 0 Å². The van der Waals surface area contributed by atoms with Crippen molar-refractivity contribution in [1.29, 1.82) is 0 Å². The zero-order chi connectivity index (χ0) is 11.5. The monoisotopic (exact) mass is 263 g/mol. The molecule has 2 heterocycles. The van der Waals surface area contributed by atoms with Crippen molar-refractivity contribution >= 4 is 29.0 Å². The molecule has 16 heavy (non-hydrogen) atoms. The van der Waals surface area contributed by atoms with Crippen LogP contribution in [0.5, 0.6) is 0 Å². The number of anilines is 1. The molecule has 0 aromatic carbocycles. The van der Waals surface area contributed by atoms with Gasteiger partial charge in [0.2, 0.25) is 5.28 Å². The van der Waals surface area contributed by atoms with Gasteiger partial charge in [-0.3, -0.25) is 0 Å². The van der Waals surface area contributed by atoms with Crippen molar-refractivity contribution in [2.24, 2.45) is 0 Å². The van der Waals surface area contributed by atoms with E-state index in [1.807, 2.05) is 4.90 Å². The lowest BCUT2D eigenvalue weighted by Gasteiger charge is -2.35. The number of aromatic nitrogens is 2. The van der Waals surface area contributed by atoms with Crippen LogP contribution >= 0.6 is 23.2 Å². The van der Waals surface area contributed by atoms with Gasteiger partial charge in [-0.1, -0.05) is 11.6 Å². The summed E-state index contributed by atoms with van der Waals surface area (Å²) in [4.78, 5) is 9.78. The van der Waals surface area contributed by atoms with Crippen LogP contribution in [0.2, 0.25) is 10.4 Å². The predicted octanol–water partition coefficient (Wildman–Crippen LogP) is 0.981. The van der Waals surface area contributed by atoms with Crippen molar-refractivity contribution in [2.75, 3.05) is 31.3 Å². The van der Waals surface area contributed by atoms with Gasteiger partial charge in [0.1, 0.15) is 11.0 Å². The third-order valence-corrected chi connectivity index (χ3v) is 2.75. The van der Waals surface area contributed by atoms with Crippen LogP contribution < -0.4 is 4.90 Å². The maximum Gasteiger partial charge on any atom is 0.225 e. The summed E-state index contributed by atoms with van der Waals surface area (Å²) >= 11 is 11.5. The molecule has 0 bridgehead atoms. The third kappa shape index (κ3) is 2.55. The van der Waals surface area contributed by atoms with Crippen molar-refractivity contribution in [3.63, 3.8) is 0 Å². The Hall–Kier alpha value is -0.620. The maximum atomic E-state index is 9.23. The molecule has 1 aliphatic rings. The molecule has 5 nitrogen and oxygen atoms in total. The zero-order valence-electron chi connectivity index (χ0n) is 8.44. The number of morpholine rings is 1. The molecule has 2 rings (SSSR count). The Kier molecular flexibility index (Phi) is 3.81. The van der Waals surface area contributed by atoms with Crippen molar-refractivity contribution < 1.29 is 9.84 Å². The molecule has 0 radical (unpaired) electrons. The summed E-state index contributed by atoms with van der Waals surface area (Å²) in [5.41, 5.74) is 0. The molecule has 1 saturated heterocycles. The molecule has 1 aliphatic heterocycles. The molecule has 1 fully saturated rings. The largest absolute Gasteiger partial charge is 0.394 e. The van der Waals surface area contributed by atoms with Gasteiger partial charge in [0.05, 0.1) is 25.9 Å². The molecule has 1 aromatic rings. The van der Waals surface area contributed by atoms with Gasteiger partial charge < -0.3 is 14.7 Å². The molecule has 0 spiro atoms. The van der Waals surface area contributed by atoms with Crippen LogP contribution in [-0.2, 0) is 4.74 Å². The van der Waals surface area contributed by atoms with Crippen molar-refractivity contribution in [3.8, 4) is 0 Å². The molecule has 0 amide bonds. The molecular formula is C9H11Cl2N3O2. The van der Waals surface area contributed by atoms with Crippen molar-refractivity contribution in [1.82, 2.24) is 9.97 Å². The number of aliphatic hydroxyl groups is 1. The number of hydrogen-bond acceptors (Lipinski definition) is 5. The highest BCUT2D eigenvalue weighted by Crippen LogP contribution is 2.21. The molecule has 1 N–H and O–H groups in total. The standard InChI is InChI=1S/C9H11Cl2N3O2/c10-7-3-8(13-9(11)12-7)14-1-2-16-5-6(14)4-15/h3,6,15H,1-2,4-5H2/t6-/m0/s1. The first-order valence-corrected chi connectivity index (χ1v) is 5.61. The van der Waals surface area contributed by atoms with Gasteiger partial charge in [-0.2, -0.15) is 0 Å². The number of halogens is 2. The Labute approximate surface area is 103 Å². The fourth-order valence-electron chi connectivity index (χ4n) is 1.63. The Bertz CT molecular complexity index is 358. The maximum absolute atomic E-state index is 9.23. The normalized spacial score (nSPS) is 21.2. The predicted molar refractivity (Wildman–Crippen MR) is 61.1 cm³/mol. The van der Waals surface area contributed by atoms with Gasteiger partial charge in [-0.15, -0.1) is 0 Å². The van der Waals surface area contributed by atoms with Crippen LogP contribution in [0, 0.1) is 0 Å². The smallest absolute Gasteiger partial charge is 0.225 e. The Morgan fingerprint density at radius 1 is 1.50 bits per heavy atom. The molecule has 7 heteroatoms. The number of rotatable bonds is 2. The molecule has 0 aliphatic carbocycles. The Balaban J connectivity index is 2.26. The summed E-state index contributed by atoms with van der Waals surface area (Å²) in [6.07, 6.45) is 0. The lowest BCUT2D eigenvalue weighted by molar-refractivity contribution is 0.0723.